The number of ether oxygens (including phenoxy) is 1. The van der Waals surface area contributed by atoms with Crippen LogP contribution in [0.25, 0.3) is 0 Å². The van der Waals surface area contributed by atoms with Crippen LogP contribution >= 0.6 is 0 Å². The number of allylic oxidation sites excluding steroid dienone is 2. The molecule has 2 N–H and O–H groups in total. The maximum atomic E-state index is 11.8. The van der Waals surface area contributed by atoms with Gasteiger partial charge in [0.15, 0.2) is 0 Å². The summed E-state index contributed by atoms with van der Waals surface area (Å²) in [6, 6.07) is 6.78. The Morgan fingerprint density at radius 3 is 2.44 bits per heavy atom. The fourth-order valence-electron chi connectivity index (χ4n) is 1.31. The van der Waals surface area contributed by atoms with E-state index in [4.69, 9.17) is 10.5 Å². The van der Waals surface area contributed by atoms with Gasteiger partial charge < -0.3 is 10.5 Å². The summed E-state index contributed by atoms with van der Waals surface area (Å²) < 4.78 is 5.21. The quantitative estimate of drug-likeness (QED) is 0.221. The Kier molecular flexibility index (Phi) is 5.38. The number of aliphatic imine (C=N–C) groups is 1. The molecular formula is C14H16N2O2. The lowest BCUT2D eigenvalue weighted by Crippen LogP contribution is -2.09. The molecule has 0 aliphatic rings. The molecule has 0 spiro atoms. The zero-order chi connectivity index (χ0) is 13.4. The molecule has 0 heterocycles. The molecule has 94 valence electrons. The summed E-state index contributed by atoms with van der Waals surface area (Å²) in [7, 11) is 0. The number of carbonyl (C=O) groups is 1. The molecule has 1 aromatic rings. The SMILES string of the molecule is C/C=C\C(=C/C)C(=O)Oc1ccc(N=CN)cc1. The fourth-order valence-corrected chi connectivity index (χ4v) is 1.31. The van der Waals surface area contributed by atoms with Gasteiger partial charge in [0.25, 0.3) is 0 Å². The van der Waals surface area contributed by atoms with Gasteiger partial charge in [-0.1, -0.05) is 18.2 Å². The van der Waals surface area contributed by atoms with E-state index in [1.807, 2.05) is 6.92 Å². The van der Waals surface area contributed by atoms with Crippen LogP contribution in [0.2, 0.25) is 0 Å². The van der Waals surface area contributed by atoms with Crippen LogP contribution in [0.5, 0.6) is 5.75 Å². The lowest BCUT2D eigenvalue weighted by Gasteiger charge is -2.04. The van der Waals surface area contributed by atoms with Crippen molar-refractivity contribution >= 4 is 18.0 Å². The van der Waals surface area contributed by atoms with Crippen LogP contribution in [-0.4, -0.2) is 12.3 Å². The van der Waals surface area contributed by atoms with Crippen molar-refractivity contribution in [1.29, 1.82) is 0 Å². The smallest absolute Gasteiger partial charge is 0.343 e. The molecule has 0 unspecified atom stereocenters. The van der Waals surface area contributed by atoms with Gasteiger partial charge in [-0.25, -0.2) is 9.79 Å². The van der Waals surface area contributed by atoms with Crippen LogP contribution in [0, 0.1) is 0 Å². The van der Waals surface area contributed by atoms with Gasteiger partial charge in [-0.15, -0.1) is 0 Å². The summed E-state index contributed by atoms with van der Waals surface area (Å²) in [4.78, 5) is 15.7. The Bertz CT molecular complexity index is 485. The summed E-state index contributed by atoms with van der Waals surface area (Å²) in [5.74, 6) is 0.0884. The topological polar surface area (TPSA) is 64.7 Å². The van der Waals surface area contributed by atoms with Crippen molar-refractivity contribution in [2.45, 2.75) is 13.8 Å². The van der Waals surface area contributed by atoms with Crippen molar-refractivity contribution in [2.75, 3.05) is 0 Å². The van der Waals surface area contributed by atoms with Gasteiger partial charge in [0.1, 0.15) is 5.75 Å². The minimum atomic E-state index is -0.384. The third-order valence-electron chi connectivity index (χ3n) is 2.16. The first kappa shape index (κ1) is 13.7. The van der Waals surface area contributed by atoms with Crippen molar-refractivity contribution in [2.24, 2.45) is 10.7 Å². The molecule has 0 aliphatic heterocycles. The van der Waals surface area contributed by atoms with Crippen molar-refractivity contribution < 1.29 is 9.53 Å². The summed E-state index contributed by atoms with van der Waals surface area (Å²) in [5, 5.41) is 0. The summed E-state index contributed by atoms with van der Waals surface area (Å²) >= 11 is 0. The standard InChI is InChI=1S/C14H16N2O2/c1-3-5-11(4-2)14(17)18-13-8-6-12(7-9-13)16-10-15/h3-10H,1-2H3,(H2,15,16)/b5-3-,11-4+. The minimum Gasteiger partial charge on any atom is -0.423 e. The van der Waals surface area contributed by atoms with Crippen LogP contribution in [-0.2, 0) is 4.79 Å². The molecule has 0 saturated carbocycles. The van der Waals surface area contributed by atoms with Gasteiger partial charge in [0.05, 0.1) is 17.6 Å². The summed E-state index contributed by atoms with van der Waals surface area (Å²) in [6.45, 7) is 3.63. The lowest BCUT2D eigenvalue weighted by atomic mass is 10.2. The predicted molar refractivity (Wildman–Crippen MR) is 73.0 cm³/mol. The molecule has 0 saturated heterocycles. The Hall–Kier alpha value is -2.36. The maximum absolute atomic E-state index is 11.8. The lowest BCUT2D eigenvalue weighted by molar-refractivity contribution is -0.129. The Labute approximate surface area is 106 Å². The summed E-state index contributed by atoms with van der Waals surface area (Å²) in [5.41, 5.74) is 6.40. The third kappa shape index (κ3) is 3.90. The second-order valence-electron chi connectivity index (χ2n) is 3.41. The first-order chi connectivity index (χ1) is 8.71. The van der Waals surface area contributed by atoms with Crippen LogP contribution in [0.1, 0.15) is 13.8 Å². The normalized spacial score (nSPS) is 12.2. The molecule has 1 rings (SSSR count). The Morgan fingerprint density at radius 1 is 1.28 bits per heavy atom. The number of hydrogen-bond acceptors (Lipinski definition) is 3. The minimum absolute atomic E-state index is 0.384. The molecule has 18 heavy (non-hydrogen) atoms. The summed E-state index contributed by atoms with van der Waals surface area (Å²) in [6.07, 6.45) is 6.41. The molecule has 0 bridgehead atoms. The van der Waals surface area contributed by atoms with Crippen molar-refractivity contribution in [3.8, 4) is 5.75 Å². The van der Waals surface area contributed by atoms with Crippen LogP contribution in [0.4, 0.5) is 5.69 Å². The largest absolute Gasteiger partial charge is 0.423 e. The monoisotopic (exact) mass is 244 g/mol. The molecule has 0 aromatic heterocycles. The highest BCUT2D eigenvalue weighted by atomic mass is 16.5. The van der Waals surface area contributed by atoms with Gasteiger partial charge in [-0.05, 0) is 38.1 Å². The highest BCUT2D eigenvalue weighted by molar-refractivity contribution is 5.93. The molecule has 4 heteroatoms. The van der Waals surface area contributed by atoms with Gasteiger partial charge in [-0.2, -0.15) is 0 Å². The van der Waals surface area contributed by atoms with E-state index >= 15 is 0 Å². The number of carbonyl (C=O) groups excluding carboxylic acids is 1. The number of nitrogens with two attached hydrogens (primary N) is 1. The van der Waals surface area contributed by atoms with E-state index in [9.17, 15) is 4.79 Å². The third-order valence-corrected chi connectivity index (χ3v) is 2.16. The average Bonchev–Trinajstić information content (AvgIpc) is 2.38. The average molecular weight is 244 g/mol. The molecule has 0 fully saturated rings. The Morgan fingerprint density at radius 2 is 1.94 bits per heavy atom. The number of hydrogen-bond donors (Lipinski definition) is 1. The molecule has 0 aliphatic carbocycles. The zero-order valence-corrected chi connectivity index (χ0v) is 10.5. The van der Waals surface area contributed by atoms with Gasteiger partial charge >= 0.3 is 5.97 Å². The van der Waals surface area contributed by atoms with E-state index in [1.54, 1.807) is 49.4 Å². The Balaban J connectivity index is 2.76. The number of nitrogens with zero attached hydrogens (tertiary/aromatic N) is 1. The molecular weight excluding hydrogens is 228 g/mol. The van der Waals surface area contributed by atoms with E-state index in [0.29, 0.717) is 17.0 Å². The van der Waals surface area contributed by atoms with E-state index in [2.05, 4.69) is 4.99 Å². The number of esters is 1. The second kappa shape index (κ2) is 7.06. The van der Waals surface area contributed by atoms with Crippen molar-refractivity contribution in [1.82, 2.24) is 0 Å². The van der Waals surface area contributed by atoms with E-state index in [-0.39, 0.29) is 5.97 Å². The second-order valence-corrected chi connectivity index (χ2v) is 3.41. The van der Waals surface area contributed by atoms with Gasteiger partial charge in [0.2, 0.25) is 0 Å². The molecule has 0 amide bonds. The first-order valence-corrected chi connectivity index (χ1v) is 5.56. The molecule has 1 aromatic carbocycles. The van der Waals surface area contributed by atoms with Crippen LogP contribution in [0.3, 0.4) is 0 Å². The van der Waals surface area contributed by atoms with Gasteiger partial charge in [-0.3, -0.25) is 0 Å². The van der Waals surface area contributed by atoms with Crippen molar-refractivity contribution in [3.63, 3.8) is 0 Å². The predicted octanol–water partition coefficient (Wildman–Crippen LogP) is 2.73. The van der Waals surface area contributed by atoms with E-state index in [1.165, 1.54) is 6.34 Å². The zero-order valence-electron chi connectivity index (χ0n) is 10.5. The molecule has 4 nitrogen and oxygen atoms in total. The van der Waals surface area contributed by atoms with Crippen LogP contribution in [0.15, 0.2) is 53.1 Å². The maximum Gasteiger partial charge on any atom is 0.343 e. The number of benzene rings is 1. The van der Waals surface area contributed by atoms with Crippen molar-refractivity contribution in [3.05, 3.63) is 48.1 Å². The molecule has 0 atom stereocenters. The first-order valence-electron chi connectivity index (χ1n) is 5.56. The highest BCUT2D eigenvalue weighted by Crippen LogP contribution is 2.18. The highest BCUT2D eigenvalue weighted by Gasteiger charge is 2.07. The number of rotatable bonds is 4. The van der Waals surface area contributed by atoms with E-state index < -0.39 is 0 Å². The van der Waals surface area contributed by atoms with Crippen LogP contribution < -0.4 is 10.5 Å². The van der Waals surface area contributed by atoms with E-state index in [0.717, 1.165) is 0 Å². The fraction of sp³-hybridized carbons (Fsp3) is 0.143. The molecule has 0 radical (unpaired) electrons. The van der Waals surface area contributed by atoms with Gasteiger partial charge in [0, 0.05) is 0 Å².